The Hall–Kier alpha value is -0.653. The van der Waals surface area contributed by atoms with Gasteiger partial charge in [-0.2, -0.15) is 0 Å². The number of rotatable bonds is 8. The molecule has 0 fully saturated rings. The molecule has 0 aromatic heterocycles. The third-order valence-electron chi connectivity index (χ3n) is 4.37. The zero-order valence-electron chi connectivity index (χ0n) is 14.3. The number of hydrogen-bond acceptors (Lipinski definition) is 4. The first-order valence-corrected chi connectivity index (χ1v) is 10.5. The van der Waals surface area contributed by atoms with Crippen molar-refractivity contribution in [2.24, 2.45) is 0 Å². The van der Waals surface area contributed by atoms with Gasteiger partial charge in [0.05, 0.1) is 17.9 Å². The van der Waals surface area contributed by atoms with Crippen molar-refractivity contribution in [3.8, 4) is 0 Å². The van der Waals surface area contributed by atoms with Crippen molar-refractivity contribution in [2.45, 2.75) is 78.0 Å². The Morgan fingerprint density at radius 3 is 2.33 bits per heavy atom. The Morgan fingerprint density at radius 1 is 1.29 bits per heavy atom. The first-order chi connectivity index (χ1) is 9.79. The highest BCUT2D eigenvalue weighted by Crippen LogP contribution is 2.28. The average molecular weight is 314 g/mol. The minimum absolute atomic E-state index is 0.000447. The SMILES string of the molecule is CC[Si](CC)(CC)OCC[C@H]1OC(C)(C)OC=C1C(C)=O. The average Bonchev–Trinajstić information content (AvgIpc) is 2.43. The monoisotopic (exact) mass is 314 g/mol. The summed E-state index contributed by atoms with van der Waals surface area (Å²) in [6.07, 6.45) is 2.02. The van der Waals surface area contributed by atoms with Gasteiger partial charge in [-0.05, 0) is 25.1 Å². The number of ketones is 1. The molecule has 1 atom stereocenters. The van der Waals surface area contributed by atoms with E-state index in [2.05, 4.69) is 20.8 Å². The van der Waals surface area contributed by atoms with Gasteiger partial charge >= 0.3 is 0 Å². The van der Waals surface area contributed by atoms with Crippen LogP contribution in [0.4, 0.5) is 0 Å². The molecule has 0 aromatic rings. The maximum absolute atomic E-state index is 11.7. The predicted octanol–water partition coefficient (Wildman–Crippen LogP) is 4.02. The van der Waals surface area contributed by atoms with Gasteiger partial charge in [0.15, 0.2) is 14.1 Å². The molecule has 0 spiro atoms. The van der Waals surface area contributed by atoms with Crippen molar-refractivity contribution < 1.29 is 18.7 Å². The fraction of sp³-hybridized carbons (Fsp3) is 0.812. The van der Waals surface area contributed by atoms with Crippen LogP contribution in [0.15, 0.2) is 11.8 Å². The van der Waals surface area contributed by atoms with Crippen LogP contribution in [0.3, 0.4) is 0 Å². The summed E-state index contributed by atoms with van der Waals surface area (Å²) in [4.78, 5) is 11.7. The molecule has 0 aromatic carbocycles. The standard InChI is InChI=1S/C16H30O4Si/c1-7-21(8-2,9-3)19-11-10-15-14(13(4)17)12-18-16(5,6)20-15/h12,15H,7-11H2,1-6H3/t15-/m1/s1. The number of ether oxygens (including phenoxy) is 2. The van der Waals surface area contributed by atoms with Crippen molar-refractivity contribution in [1.82, 2.24) is 0 Å². The van der Waals surface area contributed by atoms with E-state index in [9.17, 15) is 4.79 Å². The van der Waals surface area contributed by atoms with E-state index in [-0.39, 0.29) is 11.9 Å². The fourth-order valence-corrected chi connectivity index (χ4v) is 5.34. The molecule has 122 valence electrons. The molecule has 0 bridgehead atoms. The summed E-state index contributed by atoms with van der Waals surface area (Å²) in [6, 6.07) is 3.40. The maximum Gasteiger partial charge on any atom is 0.204 e. The van der Waals surface area contributed by atoms with Gasteiger partial charge in [0, 0.05) is 26.9 Å². The second-order valence-electron chi connectivity index (χ2n) is 6.13. The molecular weight excluding hydrogens is 284 g/mol. The maximum atomic E-state index is 11.7. The van der Waals surface area contributed by atoms with E-state index in [1.165, 1.54) is 0 Å². The van der Waals surface area contributed by atoms with Gasteiger partial charge in [-0.15, -0.1) is 0 Å². The first-order valence-electron chi connectivity index (χ1n) is 7.99. The van der Waals surface area contributed by atoms with Crippen LogP contribution < -0.4 is 0 Å². The number of hydrogen-bond donors (Lipinski definition) is 0. The zero-order valence-corrected chi connectivity index (χ0v) is 15.3. The highest BCUT2D eigenvalue weighted by molar-refractivity contribution is 6.73. The minimum Gasteiger partial charge on any atom is -0.470 e. The molecule has 0 saturated heterocycles. The van der Waals surface area contributed by atoms with Gasteiger partial charge in [0.25, 0.3) is 0 Å². The van der Waals surface area contributed by atoms with Gasteiger partial charge < -0.3 is 13.9 Å². The number of carbonyl (C=O) groups excluding carboxylic acids is 1. The molecule has 0 unspecified atom stereocenters. The van der Waals surface area contributed by atoms with Gasteiger partial charge in [-0.3, -0.25) is 4.79 Å². The Kier molecular flexibility index (Phi) is 6.62. The lowest BCUT2D eigenvalue weighted by molar-refractivity contribution is -0.219. The minimum atomic E-state index is -1.58. The van der Waals surface area contributed by atoms with E-state index in [1.54, 1.807) is 13.2 Å². The molecule has 0 N–H and O–H groups in total. The Bertz CT molecular complexity index is 377. The van der Waals surface area contributed by atoms with Gasteiger partial charge in [0.2, 0.25) is 5.79 Å². The van der Waals surface area contributed by atoms with Crippen molar-refractivity contribution in [3.05, 3.63) is 11.8 Å². The van der Waals surface area contributed by atoms with E-state index in [4.69, 9.17) is 13.9 Å². The summed E-state index contributed by atoms with van der Waals surface area (Å²) in [7, 11) is -1.58. The molecule has 0 amide bonds. The summed E-state index contributed by atoms with van der Waals surface area (Å²) in [5.74, 6) is -0.682. The van der Waals surface area contributed by atoms with Crippen molar-refractivity contribution in [3.63, 3.8) is 0 Å². The third kappa shape index (κ3) is 4.93. The van der Waals surface area contributed by atoms with Crippen LogP contribution in [0.2, 0.25) is 18.1 Å². The molecule has 0 aliphatic carbocycles. The molecule has 1 rings (SSSR count). The third-order valence-corrected chi connectivity index (χ3v) is 9.05. The zero-order chi connectivity index (χ0) is 16.1. The number of carbonyl (C=O) groups is 1. The van der Waals surface area contributed by atoms with E-state index < -0.39 is 14.1 Å². The predicted molar refractivity (Wildman–Crippen MR) is 86.6 cm³/mol. The van der Waals surface area contributed by atoms with Crippen LogP contribution >= 0.6 is 0 Å². The number of Topliss-reactive ketones (excluding diaryl/α,β-unsaturated/α-hetero) is 1. The fourth-order valence-electron chi connectivity index (χ4n) is 2.68. The Labute approximate surface area is 130 Å². The van der Waals surface area contributed by atoms with Crippen molar-refractivity contribution in [1.29, 1.82) is 0 Å². The first kappa shape index (κ1) is 18.4. The second-order valence-corrected chi connectivity index (χ2v) is 10.9. The Balaban J connectivity index is 2.65. The smallest absolute Gasteiger partial charge is 0.204 e. The summed E-state index contributed by atoms with van der Waals surface area (Å²) < 4.78 is 17.6. The summed E-state index contributed by atoms with van der Waals surface area (Å²) in [6.45, 7) is 12.6. The molecule has 21 heavy (non-hydrogen) atoms. The lowest BCUT2D eigenvalue weighted by Gasteiger charge is -2.36. The van der Waals surface area contributed by atoms with Crippen LogP contribution in [0, 0.1) is 0 Å². The van der Waals surface area contributed by atoms with Gasteiger partial charge in [-0.1, -0.05) is 20.8 Å². The largest absolute Gasteiger partial charge is 0.470 e. The molecule has 5 heteroatoms. The van der Waals surface area contributed by atoms with Crippen molar-refractivity contribution >= 4 is 14.1 Å². The van der Waals surface area contributed by atoms with E-state index >= 15 is 0 Å². The molecule has 1 aliphatic rings. The van der Waals surface area contributed by atoms with E-state index in [1.807, 2.05) is 13.8 Å². The van der Waals surface area contributed by atoms with E-state index in [0.29, 0.717) is 18.6 Å². The quantitative estimate of drug-likeness (QED) is 0.635. The summed E-state index contributed by atoms with van der Waals surface area (Å²) in [5.41, 5.74) is 0.606. The van der Waals surface area contributed by atoms with Crippen LogP contribution in [0.5, 0.6) is 0 Å². The van der Waals surface area contributed by atoms with Crippen LogP contribution in [0.25, 0.3) is 0 Å². The van der Waals surface area contributed by atoms with Crippen LogP contribution in [0.1, 0.15) is 48.0 Å². The second kappa shape index (κ2) is 7.56. The molecule has 4 nitrogen and oxygen atoms in total. The van der Waals surface area contributed by atoms with Crippen LogP contribution in [-0.4, -0.2) is 32.6 Å². The highest BCUT2D eigenvalue weighted by Gasteiger charge is 2.34. The Morgan fingerprint density at radius 2 is 1.86 bits per heavy atom. The molecular formula is C16H30O4Si. The lowest BCUT2D eigenvalue weighted by Crippen LogP contribution is -2.41. The summed E-state index contributed by atoms with van der Waals surface area (Å²) >= 11 is 0. The van der Waals surface area contributed by atoms with E-state index in [0.717, 1.165) is 18.1 Å². The van der Waals surface area contributed by atoms with Gasteiger partial charge in [-0.25, -0.2) is 0 Å². The molecule has 0 saturated carbocycles. The lowest BCUT2D eigenvalue weighted by atomic mass is 10.0. The van der Waals surface area contributed by atoms with Crippen LogP contribution in [-0.2, 0) is 18.7 Å². The molecule has 0 radical (unpaired) electrons. The normalized spacial score (nSPS) is 21.6. The molecule has 1 aliphatic heterocycles. The van der Waals surface area contributed by atoms with Gasteiger partial charge in [0.1, 0.15) is 0 Å². The van der Waals surface area contributed by atoms with Crippen molar-refractivity contribution in [2.75, 3.05) is 6.61 Å². The summed E-state index contributed by atoms with van der Waals surface area (Å²) in [5, 5.41) is 0. The topological polar surface area (TPSA) is 44.8 Å². The molecule has 1 heterocycles. The highest BCUT2D eigenvalue weighted by atomic mass is 28.4.